The highest BCUT2D eigenvalue weighted by Crippen LogP contribution is 2.24. The lowest BCUT2D eigenvalue weighted by Crippen LogP contribution is -2.60. The Labute approximate surface area is 369 Å². The number of aliphatic hydroxyl groups excluding tert-OH is 6. The lowest BCUT2D eigenvalue weighted by molar-refractivity contribution is -0.302. The monoisotopic (exact) mass is 952 g/mol. The average molecular weight is 953 g/mol. The number of aliphatic carboxylic acids is 4. The zero-order valence-corrected chi connectivity index (χ0v) is 34.9. The second-order valence-corrected chi connectivity index (χ2v) is 15.3. The number of likely N-dealkylation sites (N-methyl/N-ethyl adjacent to an activating group) is 1. The Balaban J connectivity index is 1.44. The van der Waals surface area contributed by atoms with Crippen LogP contribution in [0.2, 0.25) is 0 Å². The van der Waals surface area contributed by atoms with Gasteiger partial charge in [-0.1, -0.05) is 10.4 Å². The first-order chi connectivity index (χ1) is 30.6. The molecule has 2 aromatic rings. The van der Waals surface area contributed by atoms with Gasteiger partial charge in [0, 0.05) is 18.6 Å². The van der Waals surface area contributed by atoms with Gasteiger partial charge >= 0.3 is 23.9 Å². The fourth-order valence-electron chi connectivity index (χ4n) is 6.17. The molecule has 2 aliphatic heterocycles. The Kier molecular flexibility index (Phi) is 18.9. The standard InChI is InChI=1S/C33H48N10O21S/c1-34-13(3-11-6-42(40-38-11)9-61-32-22(50)18(46)20(48)24(63-32)30(57)58)26(52)36-15(5-17(44)45)28(54)35-14(27(53)37-16(8-65-2)29(55)56)4-12-7-43(41-39-12)10-62-33-23(51)19(47)21(49)25(64-33)31(59)60/h6-7,13-16,18-25,32-34,46-51H,3-5,8-10H2,1-2H3,(H,35,54)(H,36,52)(H,37,53)(H,44,45)(H,55,56)(H,57,58)(H,59,60)/t13-,14-,15-,16+,18-,19-,20?,21?,22-,23-,24?,25?,32?,33?/m0/s1. The SMILES string of the molecule is CN[C@@H](Cc1cn(COC2OC(C(=O)O)C(O)[C@H](O)[C@@H]2O)nn1)C(=O)N[C@@H](CC(=O)O)C(=O)N[C@@H](Cc1cn(COC2OC(C(=O)O)C(O)[C@H](O)[C@@H]2O)nn1)C(=O)N[C@H](CSC)C(=O)O. The van der Waals surface area contributed by atoms with Crippen molar-refractivity contribution in [1.82, 2.24) is 51.3 Å². The van der Waals surface area contributed by atoms with Gasteiger partial charge in [-0.3, -0.25) is 19.2 Å². The maximum atomic E-state index is 13.7. The summed E-state index contributed by atoms with van der Waals surface area (Å²) in [4.78, 5) is 87.2. The molecule has 0 bridgehead atoms. The summed E-state index contributed by atoms with van der Waals surface area (Å²) >= 11 is 1.07. The van der Waals surface area contributed by atoms with Crippen molar-refractivity contribution < 1.29 is 104 Å². The maximum Gasteiger partial charge on any atom is 0.335 e. The van der Waals surface area contributed by atoms with E-state index < -0.39 is 153 Å². The van der Waals surface area contributed by atoms with Crippen LogP contribution in [0, 0.1) is 0 Å². The summed E-state index contributed by atoms with van der Waals surface area (Å²) in [6.07, 6.45) is -16.8. The van der Waals surface area contributed by atoms with Gasteiger partial charge in [0.1, 0.15) is 68.2 Å². The van der Waals surface area contributed by atoms with Crippen LogP contribution < -0.4 is 21.3 Å². The second kappa shape index (κ2) is 23.6. The minimum atomic E-state index is -1.99. The number of aromatic nitrogens is 6. The molecule has 0 aliphatic carbocycles. The third-order valence-corrected chi connectivity index (χ3v) is 10.3. The highest BCUT2D eigenvalue weighted by molar-refractivity contribution is 7.98. The van der Waals surface area contributed by atoms with Crippen LogP contribution >= 0.6 is 11.8 Å². The van der Waals surface area contributed by atoms with E-state index in [-0.39, 0.29) is 23.6 Å². The number of thioether (sulfide) groups is 1. The van der Waals surface area contributed by atoms with E-state index in [1.807, 2.05) is 0 Å². The average Bonchev–Trinajstić information content (AvgIpc) is 3.91. The molecule has 4 heterocycles. The molecule has 0 saturated carbocycles. The number of carbonyl (C=O) groups is 7. The Hall–Kier alpha value is -5.52. The first-order valence-corrected chi connectivity index (χ1v) is 20.4. The smallest absolute Gasteiger partial charge is 0.335 e. The largest absolute Gasteiger partial charge is 0.481 e. The van der Waals surface area contributed by atoms with Gasteiger partial charge in [-0.15, -0.1) is 10.2 Å². The fourth-order valence-corrected chi connectivity index (χ4v) is 6.72. The first kappa shape index (κ1) is 52.1. The number of rotatable bonds is 24. The highest BCUT2D eigenvalue weighted by Gasteiger charge is 2.49. The number of nitrogens with zero attached hydrogens (tertiary/aromatic N) is 6. The van der Waals surface area contributed by atoms with Crippen molar-refractivity contribution in [2.45, 2.75) is 118 Å². The molecule has 0 spiro atoms. The number of carboxylic acids is 4. The second-order valence-electron chi connectivity index (χ2n) is 14.4. The molecule has 32 heteroatoms. The van der Waals surface area contributed by atoms with Gasteiger partial charge in [0.05, 0.1) is 36.2 Å². The molecular weight excluding hydrogens is 904 g/mol. The predicted octanol–water partition coefficient (Wildman–Crippen LogP) is -8.65. The van der Waals surface area contributed by atoms with E-state index in [2.05, 4.69) is 41.9 Å². The van der Waals surface area contributed by atoms with Crippen LogP contribution in [0.1, 0.15) is 17.8 Å². The summed E-state index contributed by atoms with van der Waals surface area (Å²) in [5.41, 5.74) is 0.0496. The van der Waals surface area contributed by atoms with E-state index >= 15 is 0 Å². The Morgan fingerprint density at radius 2 is 1.06 bits per heavy atom. The summed E-state index contributed by atoms with van der Waals surface area (Å²) in [5.74, 6) is -9.61. The molecule has 0 radical (unpaired) electrons. The molecule has 0 aromatic carbocycles. The summed E-state index contributed by atoms with van der Waals surface area (Å²) < 4.78 is 22.7. The van der Waals surface area contributed by atoms with Crippen molar-refractivity contribution in [3.63, 3.8) is 0 Å². The van der Waals surface area contributed by atoms with Gasteiger partial charge in [0.2, 0.25) is 17.7 Å². The zero-order chi connectivity index (χ0) is 48.3. The van der Waals surface area contributed by atoms with Crippen LogP contribution in [0.25, 0.3) is 0 Å². The van der Waals surface area contributed by atoms with Gasteiger partial charge in [-0.2, -0.15) is 11.8 Å². The molecule has 4 rings (SSSR count). The lowest BCUT2D eigenvalue weighted by Gasteiger charge is -2.38. The van der Waals surface area contributed by atoms with E-state index in [9.17, 15) is 84.6 Å². The molecule has 2 aromatic heterocycles. The Morgan fingerprint density at radius 1 is 0.646 bits per heavy atom. The lowest BCUT2D eigenvalue weighted by atomic mass is 9.99. The molecule has 14 N–H and O–H groups in total. The molecule has 362 valence electrons. The number of amides is 3. The molecule has 3 amide bonds. The van der Waals surface area contributed by atoms with Crippen LogP contribution in [-0.4, -0.2) is 227 Å². The van der Waals surface area contributed by atoms with E-state index in [0.29, 0.717) is 0 Å². The topological polar surface area (TPSA) is 468 Å². The van der Waals surface area contributed by atoms with Gasteiger partial charge < -0.3 is 91.3 Å². The molecule has 6 unspecified atom stereocenters. The zero-order valence-electron chi connectivity index (χ0n) is 34.0. The van der Waals surface area contributed by atoms with E-state index in [0.717, 1.165) is 27.3 Å². The van der Waals surface area contributed by atoms with Crippen molar-refractivity contribution in [3.05, 3.63) is 23.8 Å². The summed E-state index contributed by atoms with van der Waals surface area (Å²) in [7, 11) is 1.35. The van der Waals surface area contributed by atoms with Gasteiger partial charge in [-0.05, 0) is 13.3 Å². The minimum absolute atomic E-state index is 0.0643. The molecule has 31 nitrogen and oxygen atoms in total. The molecular formula is C33H48N10O21S. The van der Waals surface area contributed by atoms with Crippen molar-refractivity contribution in [1.29, 1.82) is 0 Å². The summed E-state index contributed by atoms with van der Waals surface area (Å²) in [5, 5.41) is 123. The number of nitrogens with one attached hydrogen (secondary N) is 4. The van der Waals surface area contributed by atoms with Crippen LogP contribution in [-0.2, 0) is 78.8 Å². The number of hydrogen-bond donors (Lipinski definition) is 14. The van der Waals surface area contributed by atoms with Gasteiger partial charge in [0.25, 0.3) is 0 Å². The fraction of sp³-hybridized carbons (Fsp3) is 0.667. The molecule has 65 heavy (non-hydrogen) atoms. The number of carboxylic acid groups (broad SMARTS) is 4. The van der Waals surface area contributed by atoms with Crippen LogP contribution in [0.4, 0.5) is 0 Å². The van der Waals surface area contributed by atoms with E-state index in [4.69, 9.17) is 18.9 Å². The van der Waals surface area contributed by atoms with Gasteiger partial charge in [0.15, 0.2) is 24.8 Å². The van der Waals surface area contributed by atoms with Crippen LogP contribution in [0.3, 0.4) is 0 Å². The van der Waals surface area contributed by atoms with Crippen molar-refractivity contribution in [2.24, 2.45) is 0 Å². The molecule has 14 atom stereocenters. The minimum Gasteiger partial charge on any atom is -0.481 e. The van der Waals surface area contributed by atoms with Crippen LogP contribution in [0.5, 0.6) is 0 Å². The van der Waals surface area contributed by atoms with Crippen molar-refractivity contribution >= 4 is 53.4 Å². The van der Waals surface area contributed by atoms with Crippen molar-refractivity contribution in [3.8, 4) is 0 Å². The number of ether oxygens (including phenoxy) is 4. The first-order valence-electron chi connectivity index (χ1n) is 19.0. The molecule has 2 fully saturated rings. The molecule has 2 aliphatic rings. The number of aliphatic hydroxyl groups is 6. The van der Waals surface area contributed by atoms with E-state index in [1.165, 1.54) is 13.2 Å². The number of hydrogen-bond acceptors (Lipinski definition) is 23. The quantitative estimate of drug-likeness (QED) is 0.0465. The van der Waals surface area contributed by atoms with Crippen LogP contribution in [0.15, 0.2) is 12.4 Å². The Morgan fingerprint density at radius 3 is 1.48 bits per heavy atom. The normalized spacial score (nSPS) is 27.4. The predicted molar refractivity (Wildman–Crippen MR) is 205 cm³/mol. The third-order valence-electron chi connectivity index (χ3n) is 9.62. The summed E-state index contributed by atoms with van der Waals surface area (Å²) in [6, 6.07) is -6.22. The molecule has 2 saturated heterocycles. The number of carbonyl (C=O) groups excluding carboxylic acids is 3. The van der Waals surface area contributed by atoms with E-state index in [1.54, 1.807) is 6.26 Å². The highest BCUT2D eigenvalue weighted by atomic mass is 32.2. The maximum absolute atomic E-state index is 13.7. The summed E-state index contributed by atoms with van der Waals surface area (Å²) in [6.45, 7) is -1.15. The third kappa shape index (κ3) is 14.0. The van der Waals surface area contributed by atoms with Gasteiger partial charge in [-0.25, -0.2) is 23.7 Å². The Bertz CT molecular complexity index is 1990. The van der Waals surface area contributed by atoms with Crippen molar-refractivity contribution in [2.75, 3.05) is 19.1 Å².